The number of benzene rings is 1. The quantitative estimate of drug-likeness (QED) is 0.817. The highest BCUT2D eigenvalue weighted by molar-refractivity contribution is 7.89. The third kappa shape index (κ3) is 3.63. The highest BCUT2D eigenvalue weighted by Gasteiger charge is 2.20. The smallest absolute Gasteiger partial charge is 0.244 e. The van der Waals surface area contributed by atoms with Gasteiger partial charge >= 0.3 is 0 Å². The molecule has 0 bridgehead atoms. The van der Waals surface area contributed by atoms with Gasteiger partial charge in [0.05, 0.1) is 17.8 Å². The topological polar surface area (TPSA) is 94.3 Å². The molecule has 1 aromatic carbocycles. The zero-order valence-corrected chi connectivity index (χ0v) is 12.8. The number of hydrogen-bond donors (Lipinski definition) is 2. The molecule has 2 aromatic rings. The van der Waals surface area contributed by atoms with E-state index < -0.39 is 10.0 Å². The van der Waals surface area contributed by atoms with Crippen molar-refractivity contribution in [1.29, 1.82) is 0 Å². The van der Waals surface area contributed by atoms with Gasteiger partial charge in [0.2, 0.25) is 15.9 Å². The highest BCUT2D eigenvalue weighted by Crippen LogP contribution is 2.26. The molecule has 0 saturated carbocycles. The minimum absolute atomic E-state index is 0.0734. The van der Waals surface area contributed by atoms with Crippen LogP contribution >= 0.6 is 11.6 Å². The fourth-order valence-electron chi connectivity index (χ4n) is 1.70. The third-order valence-corrected chi connectivity index (χ3v) is 4.68. The Morgan fingerprint density at radius 3 is 2.67 bits per heavy atom. The summed E-state index contributed by atoms with van der Waals surface area (Å²) >= 11 is 5.91. The van der Waals surface area contributed by atoms with E-state index in [1.165, 1.54) is 25.4 Å². The molecule has 1 aromatic heterocycles. The van der Waals surface area contributed by atoms with Crippen molar-refractivity contribution in [2.24, 2.45) is 0 Å². The predicted octanol–water partition coefficient (Wildman–Crippen LogP) is 1.80. The summed E-state index contributed by atoms with van der Waals surface area (Å²) in [5.41, 5.74) is 6.47. The van der Waals surface area contributed by atoms with Crippen LogP contribution in [0.1, 0.15) is 5.56 Å². The SMILES string of the molecule is COc1ccc(CNS(=O)(=O)c2c(N)cccc2Cl)cn1. The van der Waals surface area contributed by atoms with Crippen molar-refractivity contribution >= 4 is 27.3 Å². The van der Waals surface area contributed by atoms with Crippen LogP contribution in [0, 0.1) is 0 Å². The zero-order chi connectivity index (χ0) is 15.5. The molecular weight excluding hydrogens is 314 g/mol. The Morgan fingerprint density at radius 2 is 2.10 bits per heavy atom. The van der Waals surface area contributed by atoms with Crippen LogP contribution in [0.15, 0.2) is 41.4 Å². The molecule has 0 unspecified atom stereocenters. The van der Waals surface area contributed by atoms with Crippen molar-refractivity contribution in [1.82, 2.24) is 9.71 Å². The Labute approximate surface area is 128 Å². The van der Waals surface area contributed by atoms with E-state index in [-0.39, 0.29) is 22.2 Å². The molecule has 8 heteroatoms. The molecule has 6 nitrogen and oxygen atoms in total. The summed E-state index contributed by atoms with van der Waals surface area (Å²) in [5, 5.41) is 0.0790. The summed E-state index contributed by atoms with van der Waals surface area (Å²) in [4.78, 5) is 3.88. The standard InChI is InChI=1S/C13H14ClN3O3S/c1-20-12-6-5-9(7-16-12)8-17-21(18,19)13-10(14)3-2-4-11(13)15/h2-7,17H,8,15H2,1H3. The van der Waals surface area contributed by atoms with Crippen LogP contribution in [0.5, 0.6) is 5.88 Å². The Kier molecular flexibility index (Phi) is 4.66. The maximum atomic E-state index is 12.2. The van der Waals surface area contributed by atoms with Gasteiger partial charge in [-0.05, 0) is 17.7 Å². The van der Waals surface area contributed by atoms with E-state index in [2.05, 4.69) is 9.71 Å². The van der Waals surface area contributed by atoms with Crippen LogP contribution in [0.4, 0.5) is 5.69 Å². The summed E-state index contributed by atoms with van der Waals surface area (Å²) in [6.07, 6.45) is 1.53. The van der Waals surface area contributed by atoms with Crippen LogP contribution in [-0.4, -0.2) is 20.5 Å². The van der Waals surface area contributed by atoms with E-state index in [0.717, 1.165) is 0 Å². The molecule has 0 aliphatic rings. The van der Waals surface area contributed by atoms with Gasteiger partial charge in [-0.3, -0.25) is 0 Å². The van der Waals surface area contributed by atoms with Gasteiger partial charge in [-0.1, -0.05) is 23.7 Å². The lowest BCUT2D eigenvalue weighted by atomic mass is 10.3. The number of aromatic nitrogens is 1. The second kappa shape index (κ2) is 6.30. The maximum absolute atomic E-state index is 12.2. The van der Waals surface area contributed by atoms with Crippen molar-refractivity contribution in [3.05, 3.63) is 47.1 Å². The summed E-state index contributed by atoms with van der Waals surface area (Å²) in [5.74, 6) is 0.456. The Balaban J connectivity index is 2.18. The maximum Gasteiger partial charge on any atom is 0.244 e. The van der Waals surface area contributed by atoms with Gasteiger partial charge in [0, 0.05) is 18.8 Å². The molecule has 0 saturated heterocycles. The van der Waals surface area contributed by atoms with E-state index in [1.54, 1.807) is 18.2 Å². The number of methoxy groups -OCH3 is 1. The molecule has 1 heterocycles. The average molecular weight is 328 g/mol. The number of rotatable bonds is 5. The van der Waals surface area contributed by atoms with Gasteiger partial charge in [0.25, 0.3) is 0 Å². The monoisotopic (exact) mass is 327 g/mol. The second-order valence-corrected chi connectivity index (χ2v) is 6.30. The van der Waals surface area contributed by atoms with Gasteiger partial charge in [0.1, 0.15) is 4.90 Å². The molecule has 21 heavy (non-hydrogen) atoms. The summed E-state index contributed by atoms with van der Waals surface area (Å²) in [6, 6.07) is 7.90. The molecule has 2 rings (SSSR count). The predicted molar refractivity (Wildman–Crippen MR) is 80.7 cm³/mol. The number of nitrogens with two attached hydrogens (primary N) is 1. The van der Waals surface area contributed by atoms with Gasteiger partial charge < -0.3 is 10.5 Å². The molecule has 0 aliphatic carbocycles. The summed E-state index contributed by atoms with van der Waals surface area (Å²) in [7, 11) is -2.30. The molecule has 3 N–H and O–H groups in total. The zero-order valence-electron chi connectivity index (χ0n) is 11.2. The lowest BCUT2D eigenvalue weighted by Gasteiger charge is -2.10. The molecule has 0 spiro atoms. The van der Waals surface area contributed by atoms with E-state index in [4.69, 9.17) is 22.1 Å². The van der Waals surface area contributed by atoms with E-state index >= 15 is 0 Å². The molecule has 0 aliphatic heterocycles. The number of ether oxygens (including phenoxy) is 1. The lowest BCUT2D eigenvalue weighted by Crippen LogP contribution is -2.24. The molecule has 0 amide bonds. The first-order valence-corrected chi connectivity index (χ1v) is 7.83. The van der Waals surface area contributed by atoms with Crippen molar-refractivity contribution in [2.45, 2.75) is 11.4 Å². The first kappa shape index (κ1) is 15.6. The number of hydrogen-bond acceptors (Lipinski definition) is 5. The van der Waals surface area contributed by atoms with Crippen LogP contribution < -0.4 is 15.2 Å². The third-order valence-electron chi connectivity index (χ3n) is 2.74. The molecule has 0 atom stereocenters. The van der Waals surface area contributed by atoms with Crippen LogP contribution in [0.2, 0.25) is 5.02 Å². The lowest BCUT2D eigenvalue weighted by molar-refractivity contribution is 0.397. The number of nitrogen functional groups attached to an aromatic ring is 1. The van der Waals surface area contributed by atoms with Gasteiger partial charge in [-0.15, -0.1) is 0 Å². The van der Waals surface area contributed by atoms with Gasteiger partial charge in [-0.2, -0.15) is 0 Å². The van der Waals surface area contributed by atoms with Crippen molar-refractivity contribution < 1.29 is 13.2 Å². The number of sulfonamides is 1. The Bertz CT molecular complexity index is 713. The van der Waals surface area contributed by atoms with Crippen molar-refractivity contribution in [3.8, 4) is 5.88 Å². The van der Waals surface area contributed by atoms with Crippen molar-refractivity contribution in [3.63, 3.8) is 0 Å². The number of nitrogens with one attached hydrogen (secondary N) is 1. The molecule has 0 radical (unpaired) electrons. The van der Waals surface area contributed by atoms with Crippen LogP contribution in [-0.2, 0) is 16.6 Å². The largest absolute Gasteiger partial charge is 0.481 e. The molecule has 0 fully saturated rings. The second-order valence-electron chi connectivity index (χ2n) is 4.19. The number of nitrogens with zero attached hydrogens (tertiary/aromatic N) is 1. The van der Waals surface area contributed by atoms with Gasteiger partial charge in [-0.25, -0.2) is 18.1 Å². The first-order chi connectivity index (χ1) is 9.94. The fourth-order valence-corrected chi connectivity index (χ4v) is 3.39. The van der Waals surface area contributed by atoms with E-state index in [0.29, 0.717) is 11.4 Å². The van der Waals surface area contributed by atoms with Crippen LogP contribution in [0.3, 0.4) is 0 Å². The minimum Gasteiger partial charge on any atom is -0.481 e. The number of pyridine rings is 1. The van der Waals surface area contributed by atoms with Crippen LogP contribution in [0.25, 0.3) is 0 Å². The summed E-state index contributed by atoms with van der Waals surface area (Å²) < 4.78 is 31.9. The Morgan fingerprint density at radius 1 is 1.33 bits per heavy atom. The van der Waals surface area contributed by atoms with Crippen molar-refractivity contribution in [2.75, 3.05) is 12.8 Å². The first-order valence-electron chi connectivity index (χ1n) is 5.96. The van der Waals surface area contributed by atoms with Gasteiger partial charge in [0.15, 0.2) is 0 Å². The minimum atomic E-state index is -3.80. The average Bonchev–Trinajstić information content (AvgIpc) is 2.45. The highest BCUT2D eigenvalue weighted by atomic mass is 35.5. The molecular formula is C13H14ClN3O3S. The number of halogens is 1. The Hall–Kier alpha value is -1.83. The fraction of sp³-hybridized carbons (Fsp3) is 0.154. The normalized spacial score (nSPS) is 11.3. The summed E-state index contributed by atoms with van der Waals surface area (Å²) in [6.45, 7) is 0.0734. The number of anilines is 1. The van der Waals surface area contributed by atoms with E-state index in [1.807, 2.05) is 0 Å². The van der Waals surface area contributed by atoms with E-state index in [9.17, 15) is 8.42 Å². The molecule has 112 valence electrons.